The van der Waals surface area contributed by atoms with E-state index in [1.807, 2.05) is 87.5 Å². The van der Waals surface area contributed by atoms with E-state index in [-0.39, 0.29) is 12.5 Å². The predicted molar refractivity (Wildman–Crippen MR) is 121 cm³/mol. The average Bonchev–Trinajstić information content (AvgIpc) is 2.74. The minimum Gasteiger partial charge on any atom is -0.490 e. The molecule has 3 aromatic rings. The van der Waals surface area contributed by atoms with Crippen molar-refractivity contribution in [2.45, 2.75) is 27.3 Å². The number of carbonyl (C=O) groups excluding carboxylic acids is 1. The number of rotatable bonds is 9. The Labute approximate surface area is 178 Å². The van der Waals surface area contributed by atoms with Gasteiger partial charge in [0.1, 0.15) is 0 Å². The summed E-state index contributed by atoms with van der Waals surface area (Å²) in [7, 11) is 0. The Bertz CT molecular complexity index is 987. The van der Waals surface area contributed by atoms with Crippen LogP contribution in [0.3, 0.4) is 0 Å². The minimum atomic E-state index is -0.209. The summed E-state index contributed by atoms with van der Waals surface area (Å²) in [6, 6.07) is 21.7. The second-order valence-electron chi connectivity index (χ2n) is 7.09. The number of benzene rings is 3. The Kier molecular flexibility index (Phi) is 7.33. The first-order valence-corrected chi connectivity index (χ1v) is 10.1. The van der Waals surface area contributed by atoms with Crippen LogP contribution in [0.25, 0.3) is 0 Å². The maximum Gasteiger partial charge on any atom is 0.262 e. The molecule has 3 rings (SSSR count). The van der Waals surface area contributed by atoms with Gasteiger partial charge < -0.3 is 20.1 Å². The Morgan fingerprint density at radius 3 is 2.43 bits per heavy atom. The van der Waals surface area contributed by atoms with Gasteiger partial charge in [0, 0.05) is 17.9 Å². The summed E-state index contributed by atoms with van der Waals surface area (Å²) in [5.41, 5.74) is 5.09. The quantitative estimate of drug-likeness (QED) is 0.506. The van der Waals surface area contributed by atoms with E-state index in [2.05, 4.69) is 10.6 Å². The molecule has 1 amide bonds. The number of aryl methyl sites for hydroxylation is 2. The van der Waals surface area contributed by atoms with Crippen LogP contribution in [-0.2, 0) is 11.3 Å². The highest BCUT2D eigenvalue weighted by Gasteiger charge is 2.11. The fourth-order valence-corrected chi connectivity index (χ4v) is 3.09. The van der Waals surface area contributed by atoms with E-state index in [1.165, 1.54) is 0 Å². The third-order valence-electron chi connectivity index (χ3n) is 4.59. The number of amides is 1. The van der Waals surface area contributed by atoms with Crippen molar-refractivity contribution >= 4 is 17.3 Å². The summed E-state index contributed by atoms with van der Waals surface area (Å²) in [4.78, 5) is 12.3. The Balaban J connectivity index is 1.60. The van der Waals surface area contributed by atoms with Crippen molar-refractivity contribution in [1.82, 2.24) is 0 Å². The molecular weight excluding hydrogens is 376 g/mol. The Hall–Kier alpha value is -3.47. The molecular formula is C25H28N2O3. The maximum atomic E-state index is 12.3. The largest absolute Gasteiger partial charge is 0.490 e. The fraction of sp³-hybridized carbons (Fsp3) is 0.240. The van der Waals surface area contributed by atoms with Crippen molar-refractivity contribution in [3.05, 3.63) is 83.4 Å². The van der Waals surface area contributed by atoms with Crippen LogP contribution in [0.2, 0.25) is 0 Å². The Morgan fingerprint density at radius 2 is 1.70 bits per heavy atom. The molecule has 30 heavy (non-hydrogen) atoms. The van der Waals surface area contributed by atoms with Crippen molar-refractivity contribution in [2.75, 3.05) is 23.8 Å². The van der Waals surface area contributed by atoms with Gasteiger partial charge in [-0.05, 0) is 62.2 Å². The van der Waals surface area contributed by atoms with E-state index in [1.54, 1.807) is 0 Å². The summed E-state index contributed by atoms with van der Waals surface area (Å²) in [5, 5.41) is 6.27. The predicted octanol–water partition coefficient (Wildman–Crippen LogP) is 5.33. The maximum absolute atomic E-state index is 12.3. The van der Waals surface area contributed by atoms with Gasteiger partial charge in [-0.3, -0.25) is 4.79 Å². The standard InChI is InChI=1S/C25H28N2O3/c1-4-29-24-15-20(16-26-21-8-6-5-7-9-21)11-13-23(24)30-17-25(28)27-22-12-10-18(2)14-19(22)3/h5-15,26H,4,16-17H2,1-3H3,(H,27,28). The highest BCUT2D eigenvalue weighted by Crippen LogP contribution is 2.29. The lowest BCUT2D eigenvalue weighted by Crippen LogP contribution is -2.21. The molecule has 156 valence electrons. The zero-order valence-electron chi connectivity index (χ0n) is 17.7. The van der Waals surface area contributed by atoms with Crippen LogP contribution in [0.15, 0.2) is 66.7 Å². The van der Waals surface area contributed by atoms with Gasteiger partial charge in [0.15, 0.2) is 18.1 Å². The van der Waals surface area contributed by atoms with Crippen molar-refractivity contribution in [3.8, 4) is 11.5 Å². The van der Waals surface area contributed by atoms with Crippen LogP contribution in [0.4, 0.5) is 11.4 Å². The third-order valence-corrected chi connectivity index (χ3v) is 4.59. The van der Waals surface area contributed by atoms with E-state index < -0.39 is 0 Å². The summed E-state index contributed by atoms with van der Waals surface area (Å²) >= 11 is 0. The number of hydrogen-bond acceptors (Lipinski definition) is 4. The van der Waals surface area contributed by atoms with Crippen LogP contribution < -0.4 is 20.1 Å². The van der Waals surface area contributed by atoms with Crippen LogP contribution in [0.1, 0.15) is 23.6 Å². The van der Waals surface area contributed by atoms with Crippen molar-refractivity contribution in [1.29, 1.82) is 0 Å². The highest BCUT2D eigenvalue weighted by molar-refractivity contribution is 5.92. The number of hydrogen-bond donors (Lipinski definition) is 2. The molecule has 0 aliphatic heterocycles. The number of ether oxygens (including phenoxy) is 2. The molecule has 0 saturated carbocycles. The SMILES string of the molecule is CCOc1cc(CNc2ccccc2)ccc1OCC(=O)Nc1ccc(C)cc1C. The van der Waals surface area contributed by atoms with Gasteiger partial charge in [-0.1, -0.05) is 42.0 Å². The molecule has 0 saturated heterocycles. The fourth-order valence-electron chi connectivity index (χ4n) is 3.09. The first-order valence-electron chi connectivity index (χ1n) is 10.1. The minimum absolute atomic E-state index is 0.0883. The Morgan fingerprint density at radius 1 is 0.900 bits per heavy atom. The van der Waals surface area contributed by atoms with E-state index in [9.17, 15) is 4.79 Å². The monoisotopic (exact) mass is 404 g/mol. The molecule has 5 nitrogen and oxygen atoms in total. The first kappa shape index (κ1) is 21.2. The molecule has 0 heterocycles. The number of carbonyl (C=O) groups is 1. The van der Waals surface area contributed by atoms with Gasteiger partial charge in [0.05, 0.1) is 6.61 Å². The molecule has 0 fully saturated rings. The lowest BCUT2D eigenvalue weighted by atomic mass is 10.1. The average molecular weight is 405 g/mol. The highest BCUT2D eigenvalue weighted by atomic mass is 16.5. The van der Waals surface area contributed by atoms with E-state index in [0.717, 1.165) is 28.1 Å². The van der Waals surface area contributed by atoms with Gasteiger partial charge >= 0.3 is 0 Å². The van der Waals surface area contributed by atoms with Crippen LogP contribution in [-0.4, -0.2) is 19.1 Å². The van der Waals surface area contributed by atoms with E-state index in [0.29, 0.717) is 24.7 Å². The molecule has 2 N–H and O–H groups in total. The van der Waals surface area contributed by atoms with Gasteiger partial charge in [-0.25, -0.2) is 0 Å². The van der Waals surface area contributed by atoms with Gasteiger partial charge in [-0.15, -0.1) is 0 Å². The smallest absolute Gasteiger partial charge is 0.262 e. The van der Waals surface area contributed by atoms with Crippen LogP contribution in [0.5, 0.6) is 11.5 Å². The van der Waals surface area contributed by atoms with Gasteiger partial charge in [-0.2, -0.15) is 0 Å². The molecule has 5 heteroatoms. The summed E-state index contributed by atoms with van der Waals surface area (Å²) in [6.07, 6.45) is 0. The molecule has 0 aromatic heterocycles. The molecule has 0 aliphatic rings. The third kappa shape index (κ3) is 6.01. The van der Waals surface area contributed by atoms with Gasteiger partial charge in [0.25, 0.3) is 5.91 Å². The first-order chi connectivity index (χ1) is 14.5. The number of para-hydroxylation sites is 1. The zero-order valence-corrected chi connectivity index (χ0v) is 17.7. The molecule has 0 bridgehead atoms. The second-order valence-corrected chi connectivity index (χ2v) is 7.09. The van der Waals surface area contributed by atoms with Crippen LogP contribution in [0, 0.1) is 13.8 Å². The summed E-state index contributed by atoms with van der Waals surface area (Å²) in [5.74, 6) is 0.972. The molecule has 0 unspecified atom stereocenters. The van der Waals surface area contributed by atoms with Crippen LogP contribution >= 0.6 is 0 Å². The molecule has 0 atom stereocenters. The summed E-state index contributed by atoms with van der Waals surface area (Å²) < 4.78 is 11.5. The normalized spacial score (nSPS) is 10.4. The number of anilines is 2. The van der Waals surface area contributed by atoms with E-state index in [4.69, 9.17) is 9.47 Å². The van der Waals surface area contributed by atoms with Gasteiger partial charge in [0.2, 0.25) is 0 Å². The molecule has 0 spiro atoms. The number of nitrogens with one attached hydrogen (secondary N) is 2. The summed E-state index contributed by atoms with van der Waals surface area (Å²) in [6.45, 7) is 7.01. The zero-order chi connectivity index (χ0) is 21.3. The van der Waals surface area contributed by atoms with Crippen molar-refractivity contribution in [2.24, 2.45) is 0 Å². The topological polar surface area (TPSA) is 59.6 Å². The molecule has 0 radical (unpaired) electrons. The van der Waals surface area contributed by atoms with Crippen molar-refractivity contribution in [3.63, 3.8) is 0 Å². The van der Waals surface area contributed by atoms with Crippen molar-refractivity contribution < 1.29 is 14.3 Å². The lowest BCUT2D eigenvalue weighted by Gasteiger charge is -2.14. The lowest BCUT2D eigenvalue weighted by molar-refractivity contribution is -0.118. The molecule has 3 aromatic carbocycles. The second kappa shape index (κ2) is 10.3. The molecule has 0 aliphatic carbocycles. The van der Waals surface area contributed by atoms with E-state index >= 15 is 0 Å².